The average molecular weight is 227 g/mol. The standard InChI is InChI=1S/C12H15F2NO/c1-9(16)15-11(12(2,13)14)8-10-6-4-3-5-7-10/h3-7,11H,8H2,1-2H3,(H,15,16)/t11-/m0/s1. The first-order valence-electron chi connectivity index (χ1n) is 5.08. The van der Waals surface area contributed by atoms with E-state index in [4.69, 9.17) is 0 Å². The molecule has 1 aromatic rings. The average Bonchev–Trinajstić information content (AvgIpc) is 2.16. The smallest absolute Gasteiger partial charge is 0.265 e. The van der Waals surface area contributed by atoms with Gasteiger partial charge in [-0.1, -0.05) is 30.3 Å². The number of benzene rings is 1. The topological polar surface area (TPSA) is 29.1 Å². The predicted molar refractivity (Wildman–Crippen MR) is 58.4 cm³/mol. The summed E-state index contributed by atoms with van der Waals surface area (Å²) >= 11 is 0. The van der Waals surface area contributed by atoms with E-state index in [2.05, 4.69) is 5.32 Å². The number of amides is 1. The van der Waals surface area contributed by atoms with E-state index in [9.17, 15) is 13.6 Å². The number of alkyl halides is 2. The first-order chi connectivity index (χ1) is 7.39. The lowest BCUT2D eigenvalue weighted by Gasteiger charge is -2.24. The first kappa shape index (κ1) is 12.6. The van der Waals surface area contributed by atoms with Crippen LogP contribution in [0.4, 0.5) is 8.78 Å². The summed E-state index contributed by atoms with van der Waals surface area (Å²) in [6, 6.07) is 7.76. The number of carbonyl (C=O) groups excluding carboxylic acids is 1. The van der Waals surface area contributed by atoms with Crippen LogP contribution in [-0.2, 0) is 11.2 Å². The van der Waals surface area contributed by atoms with Gasteiger partial charge in [0.05, 0.1) is 6.04 Å². The fourth-order valence-corrected chi connectivity index (χ4v) is 1.45. The largest absolute Gasteiger partial charge is 0.347 e. The van der Waals surface area contributed by atoms with Gasteiger partial charge in [-0.2, -0.15) is 0 Å². The summed E-state index contributed by atoms with van der Waals surface area (Å²) in [5, 5.41) is 2.28. The van der Waals surface area contributed by atoms with Crippen molar-refractivity contribution in [3.05, 3.63) is 35.9 Å². The maximum Gasteiger partial charge on any atom is 0.265 e. The van der Waals surface area contributed by atoms with Crippen molar-refractivity contribution in [2.24, 2.45) is 0 Å². The van der Waals surface area contributed by atoms with Crippen molar-refractivity contribution in [3.63, 3.8) is 0 Å². The quantitative estimate of drug-likeness (QED) is 0.840. The summed E-state index contributed by atoms with van der Waals surface area (Å²) in [6.45, 7) is 2.06. The molecule has 0 aliphatic rings. The highest BCUT2D eigenvalue weighted by Gasteiger charge is 2.34. The summed E-state index contributed by atoms with van der Waals surface area (Å²) in [5.41, 5.74) is 0.780. The Morgan fingerprint density at radius 2 is 1.94 bits per heavy atom. The number of hydrogen-bond acceptors (Lipinski definition) is 1. The van der Waals surface area contributed by atoms with Gasteiger partial charge in [-0.25, -0.2) is 8.78 Å². The monoisotopic (exact) mass is 227 g/mol. The van der Waals surface area contributed by atoms with Crippen molar-refractivity contribution >= 4 is 5.91 Å². The third-order valence-electron chi connectivity index (χ3n) is 2.27. The second-order valence-corrected chi connectivity index (χ2v) is 3.90. The minimum atomic E-state index is -2.93. The Morgan fingerprint density at radius 1 is 1.38 bits per heavy atom. The molecule has 1 amide bonds. The van der Waals surface area contributed by atoms with E-state index in [-0.39, 0.29) is 6.42 Å². The maximum atomic E-state index is 13.2. The zero-order chi connectivity index (χ0) is 12.2. The van der Waals surface area contributed by atoms with Crippen LogP contribution in [0.25, 0.3) is 0 Å². The lowest BCUT2D eigenvalue weighted by molar-refractivity contribution is -0.123. The number of rotatable bonds is 4. The molecule has 0 unspecified atom stereocenters. The number of carbonyl (C=O) groups is 1. The molecule has 4 heteroatoms. The van der Waals surface area contributed by atoms with Crippen LogP contribution in [-0.4, -0.2) is 17.9 Å². The molecule has 0 saturated heterocycles. The molecule has 0 radical (unpaired) electrons. The molecule has 1 rings (SSSR count). The first-order valence-corrected chi connectivity index (χ1v) is 5.08. The normalized spacial score (nSPS) is 13.2. The van der Waals surface area contributed by atoms with Crippen molar-refractivity contribution < 1.29 is 13.6 Å². The van der Waals surface area contributed by atoms with Crippen molar-refractivity contribution in [3.8, 4) is 0 Å². The summed E-state index contributed by atoms with van der Waals surface area (Å²) < 4.78 is 26.4. The van der Waals surface area contributed by atoms with Gasteiger partial charge in [-0.15, -0.1) is 0 Å². The molecular formula is C12H15F2NO. The van der Waals surface area contributed by atoms with Gasteiger partial charge in [0.2, 0.25) is 5.91 Å². The van der Waals surface area contributed by atoms with Crippen LogP contribution in [0.15, 0.2) is 30.3 Å². The maximum absolute atomic E-state index is 13.2. The fourth-order valence-electron chi connectivity index (χ4n) is 1.45. The molecule has 0 aliphatic carbocycles. The highest BCUT2D eigenvalue weighted by molar-refractivity contribution is 5.73. The van der Waals surface area contributed by atoms with Crippen molar-refractivity contribution in [2.75, 3.05) is 0 Å². The van der Waals surface area contributed by atoms with Crippen molar-refractivity contribution in [2.45, 2.75) is 32.2 Å². The number of halogens is 2. The van der Waals surface area contributed by atoms with Gasteiger partial charge in [0, 0.05) is 13.8 Å². The molecule has 1 aromatic carbocycles. The molecule has 0 aliphatic heterocycles. The molecule has 1 N–H and O–H groups in total. The van der Waals surface area contributed by atoms with E-state index in [1.807, 2.05) is 6.07 Å². The highest BCUT2D eigenvalue weighted by Crippen LogP contribution is 2.20. The summed E-state index contributed by atoms with van der Waals surface area (Å²) in [5.74, 6) is -3.37. The molecule has 1 atom stereocenters. The lowest BCUT2D eigenvalue weighted by Crippen LogP contribution is -2.46. The molecule has 88 valence electrons. The minimum Gasteiger partial charge on any atom is -0.347 e. The molecule has 16 heavy (non-hydrogen) atoms. The van der Waals surface area contributed by atoms with Gasteiger partial charge < -0.3 is 5.32 Å². The molecule has 0 heterocycles. The number of hydrogen-bond donors (Lipinski definition) is 1. The molecule has 2 nitrogen and oxygen atoms in total. The Balaban J connectivity index is 2.75. The van der Waals surface area contributed by atoms with Crippen molar-refractivity contribution in [1.82, 2.24) is 5.32 Å². The minimum absolute atomic E-state index is 0.129. The summed E-state index contributed by atoms with van der Waals surface area (Å²) in [6.07, 6.45) is 0.129. The highest BCUT2D eigenvalue weighted by atomic mass is 19.3. The number of nitrogens with one attached hydrogen (secondary N) is 1. The Bertz CT molecular complexity index is 346. The van der Waals surface area contributed by atoms with Gasteiger partial charge >= 0.3 is 0 Å². The lowest BCUT2D eigenvalue weighted by atomic mass is 10.0. The molecule has 0 aromatic heterocycles. The third-order valence-corrected chi connectivity index (χ3v) is 2.27. The summed E-state index contributed by atoms with van der Waals surface area (Å²) in [4.78, 5) is 10.8. The molecule has 0 bridgehead atoms. The van der Waals surface area contributed by atoms with E-state index < -0.39 is 17.9 Å². The van der Waals surface area contributed by atoms with Crippen LogP contribution in [0.5, 0.6) is 0 Å². The second-order valence-electron chi connectivity index (χ2n) is 3.90. The van der Waals surface area contributed by atoms with Crippen LogP contribution in [0, 0.1) is 0 Å². The molecule has 0 spiro atoms. The predicted octanol–water partition coefficient (Wildman–Crippen LogP) is 2.39. The SMILES string of the molecule is CC(=O)N[C@@H](Cc1ccccc1)C(C)(F)F. The van der Waals surface area contributed by atoms with Crippen LogP contribution in [0.3, 0.4) is 0 Å². The van der Waals surface area contributed by atoms with Crippen LogP contribution in [0.1, 0.15) is 19.4 Å². The fraction of sp³-hybridized carbons (Fsp3) is 0.417. The Labute approximate surface area is 93.7 Å². The molecule has 0 fully saturated rings. The van der Waals surface area contributed by atoms with Crippen LogP contribution in [0.2, 0.25) is 0 Å². The van der Waals surface area contributed by atoms with Gasteiger partial charge in [0.15, 0.2) is 0 Å². The van der Waals surface area contributed by atoms with Gasteiger partial charge in [-0.3, -0.25) is 4.79 Å². The Kier molecular flexibility index (Phi) is 3.99. The van der Waals surface area contributed by atoms with Crippen LogP contribution < -0.4 is 5.32 Å². The zero-order valence-electron chi connectivity index (χ0n) is 9.34. The van der Waals surface area contributed by atoms with E-state index in [0.717, 1.165) is 12.5 Å². The molecular weight excluding hydrogens is 212 g/mol. The Hall–Kier alpha value is -1.45. The Morgan fingerprint density at radius 3 is 2.38 bits per heavy atom. The third kappa shape index (κ3) is 3.96. The van der Waals surface area contributed by atoms with E-state index in [0.29, 0.717) is 0 Å². The molecule has 0 saturated carbocycles. The van der Waals surface area contributed by atoms with E-state index in [1.165, 1.54) is 6.92 Å². The van der Waals surface area contributed by atoms with Crippen molar-refractivity contribution in [1.29, 1.82) is 0 Å². The van der Waals surface area contributed by atoms with E-state index >= 15 is 0 Å². The van der Waals surface area contributed by atoms with Crippen LogP contribution >= 0.6 is 0 Å². The zero-order valence-corrected chi connectivity index (χ0v) is 9.34. The van der Waals surface area contributed by atoms with E-state index in [1.54, 1.807) is 24.3 Å². The van der Waals surface area contributed by atoms with Gasteiger partial charge in [0.25, 0.3) is 5.92 Å². The van der Waals surface area contributed by atoms with Gasteiger partial charge in [0.1, 0.15) is 0 Å². The second kappa shape index (κ2) is 5.05. The summed E-state index contributed by atoms with van der Waals surface area (Å²) in [7, 11) is 0. The van der Waals surface area contributed by atoms with Gasteiger partial charge in [-0.05, 0) is 12.0 Å².